The summed E-state index contributed by atoms with van der Waals surface area (Å²) >= 11 is 0. The molecule has 0 fully saturated rings. The largest absolute Gasteiger partial charge is 0.493 e. The lowest BCUT2D eigenvalue weighted by atomic mass is 10.1. The van der Waals surface area contributed by atoms with E-state index in [1.54, 1.807) is 20.4 Å². The van der Waals surface area contributed by atoms with E-state index in [2.05, 4.69) is 15.3 Å². The van der Waals surface area contributed by atoms with Crippen molar-refractivity contribution >= 4 is 17.7 Å². The lowest BCUT2D eigenvalue weighted by Gasteiger charge is -2.16. The molecular formula is C20H30N6O4. The van der Waals surface area contributed by atoms with Gasteiger partial charge in [-0.05, 0) is 30.5 Å². The van der Waals surface area contributed by atoms with Gasteiger partial charge in [0.1, 0.15) is 5.82 Å². The summed E-state index contributed by atoms with van der Waals surface area (Å²) in [7, 11) is 3.13. The zero-order valence-corrected chi connectivity index (χ0v) is 17.4. The summed E-state index contributed by atoms with van der Waals surface area (Å²) in [6.45, 7) is 1.35. The molecule has 2 rings (SSSR count). The van der Waals surface area contributed by atoms with Crippen molar-refractivity contribution in [2.75, 3.05) is 45.4 Å². The number of benzene rings is 1. The van der Waals surface area contributed by atoms with Crippen molar-refractivity contribution in [3.8, 4) is 17.2 Å². The zero-order valence-electron chi connectivity index (χ0n) is 17.4. The van der Waals surface area contributed by atoms with Crippen molar-refractivity contribution in [1.82, 2.24) is 15.3 Å². The maximum absolute atomic E-state index is 11.6. The summed E-state index contributed by atoms with van der Waals surface area (Å²) in [6.07, 6.45) is 3.93. The van der Waals surface area contributed by atoms with Gasteiger partial charge in [-0.2, -0.15) is 4.98 Å². The Kier molecular flexibility index (Phi) is 8.95. The first-order chi connectivity index (χ1) is 14.5. The van der Waals surface area contributed by atoms with Gasteiger partial charge in [0.2, 0.25) is 17.6 Å². The third-order valence-corrected chi connectivity index (χ3v) is 4.34. The molecule has 0 saturated heterocycles. The summed E-state index contributed by atoms with van der Waals surface area (Å²) in [5.41, 5.74) is 18.5. The number of amides is 1. The topological polar surface area (TPSA) is 161 Å². The molecule has 164 valence electrons. The molecule has 10 nitrogen and oxygen atoms in total. The van der Waals surface area contributed by atoms with Gasteiger partial charge in [0.05, 0.1) is 20.8 Å². The molecule has 7 N–H and O–H groups in total. The molecule has 0 aliphatic heterocycles. The first kappa shape index (κ1) is 23.0. The Balaban J connectivity index is 2.01. The van der Waals surface area contributed by atoms with E-state index >= 15 is 0 Å². The molecule has 0 radical (unpaired) electrons. The number of carbonyl (C=O) groups excluding carboxylic acids is 1. The van der Waals surface area contributed by atoms with Crippen molar-refractivity contribution in [2.24, 2.45) is 5.73 Å². The summed E-state index contributed by atoms with van der Waals surface area (Å²) in [6, 6.07) is 3.71. The number of methoxy groups -OCH3 is 2. The average Bonchev–Trinajstić information content (AvgIpc) is 2.74. The van der Waals surface area contributed by atoms with Crippen LogP contribution in [0.4, 0.5) is 11.8 Å². The van der Waals surface area contributed by atoms with Crippen molar-refractivity contribution in [3.05, 3.63) is 29.5 Å². The number of nitrogens with one attached hydrogen (secondary N) is 1. The first-order valence-electron chi connectivity index (χ1n) is 9.69. The number of unbranched alkanes of at least 4 members (excludes halogenated alkanes) is 1. The number of nitrogen functional groups attached to an aromatic ring is 2. The summed E-state index contributed by atoms with van der Waals surface area (Å²) in [5, 5.41) is 2.74. The van der Waals surface area contributed by atoms with Crippen LogP contribution in [0.1, 0.15) is 30.4 Å². The van der Waals surface area contributed by atoms with Gasteiger partial charge in [-0.15, -0.1) is 0 Å². The van der Waals surface area contributed by atoms with Crippen LogP contribution in [0, 0.1) is 0 Å². The number of hydrogen-bond acceptors (Lipinski definition) is 9. The van der Waals surface area contributed by atoms with Crippen LogP contribution >= 0.6 is 0 Å². The molecule has 1 aromatic carbocycles. The lowest BCUT2D eigenvalue weighted by molar-refractivity contribution is -0.121. The Labute approximate surface area is 176 Å². The van der Waals surface area contributed by atoms with Crippen LogP contribution in [0.15, 0.2) is 18.3 Å². The Morgan fingerprint density at radius 3 is 2.43 bits per heavy atom. The normalized spacial score (nSPS) is 10.5. The quantitative estimate of drug-likeness (QED) is 0.367. The molecule has 10 heteroatoms. The zero-order chi connectivity index (χ0) is 21.9. The van der Waals surface area contributed by atoms with E-state index in [9.17, 15) is 4.79 Å². The van der Waals surface area contributed by atoms with Crippen molar-refractivity contribution in [2.45, 2.75) is 25.7 Å². The maximum atomic E-state index is 11.6. The fourth-order valence-corrected chi connectivity index (χ4v) is 2.83. The van der Waals surface area contributed by atoms with Crippen LogP contribution in [-0.2, 0) is 11.2 Å². The van der Waals surface area contributed by atoms with Gasteiger partial charge in [-0.1, -0.05) is 0 Å². The second-order valence-electron chi connectivity index (χ2n) is 6.59. The number of carbonyl (C=O) groups is 1. The molecule has 2 aromatic rings. The van der Waals surface area contributed by atoms with Gasteiger partial charge in [0, 0.05) is 37.7 Å². The fourth-order valence-electron chi connectivity index (χ4n) is 2.83. The molecule has 1 aromatic heterocycles. The van der Waals surface area contributed by atoms with E-state index in [0.29, 0.717) is 68.4 Å². The van der Waals surface area contributed by atoms with Gasteiger partial charge in [0.15, 0.2) is 11.5 Å². The molecule has 0 bridgehead atoms. The number of nitrogens with two attached hydrogens (primary N) is 3. The van der Waals surface area contributed by atoms with Gasteiger partial charge in [-0.25, -0.2) is 4.98 Å². The van der Waals surface area contributed by atoms with Crippen LogP contribution in [0.3, 0.4) is 0 Å². The molecule has 0 atom stereocenters. The van der Waals surface area contributed by atoms with Crippen LogP contribution in [0.2, 0.25) is 0 Å². The van der Waals surface area contributed by atoms with E-state index in [-0.39, 0.29) is 11.9 Å². The fraction of sp³-hybridized carbons (Fsp3) is 0.450. The predicted octanol–water partition coefficient (Wildman–Crippen LogP) is 0.873. The minimum Gasteiger partial charge on any atom is -0.493 e. The van der Waals surface area contributed by atoms with Gasteiger partial charge < -0.3 is 36.7 Å². The van der Waals surface area contributed by atoms with E-state index in [4.69, 9.17) is 31.4 Å². The Hall–Kier alpha value is -3.27. The molecule has 1 amide bonds. The van der Waals surface area contributed by atoms with Crippen molar-refractivity contribution < 1.29 is 19.0 Å². The molecule has 30 heavy (non-hydrogen) atoms. The Bertz CT molecular complexity index is 821. The van der Waals surface area contributed by atoms with E-state index in [0.717, 1.165) is 11.1 Å². The van der Waals surface area contributed by atoms with Crippen LogP contribution in [0.25, 0.3) is 0 Å². The highest BCUT2D eigenvalue weighted by molar-refractivity contribution is 5.75. The van der Waals surface area contributed by atoms with E-state index in [1.807, 2.05) is 12.1 Å². The third-order valence-electron chi connectivity index (χ3n) is 4.34. The Morgan fingerprint density at radius 1 is 1.13 bits per heavy atom. The SMILES string of the molecule is COc1cc(Cc2cnc(N)nc2N)cc(OC)c1OCCCCC(=O)NCCN. The average molecular weight is 418 g/mol. The summed E-state index contributed by atoms with van der Waals surface area (Å²) < 4.78 is 16.9. The standard InChI is InChI=1S/C20H30N6O4/c1-28-15-10-13(9-14-12-25-20(23)26-19(14)22)11-16(29-2)18(15)30-8-4-3-5-17(27)24-7-6-21/h10-12H,3-9,21H2,1-2H3,(H,24,27)(H4,22,23,25,26). The third kappa shape index (κ3) is 6.66. The molecule has 0 aliphatic rings. The maximum Gasteiger partial charge on any atom is 0.221 e. The molecule has 0 unspecified atom stereocenters. The number of ether oxygens (including phenoxy) is 3. The molecule has 0 spiro atoms. The van der Waals surface area contributed by atoms with E-state index in [1.165, 1.54) is 0 Å². The number of rotatable bonds is 12. The van der Waals surface area contributed by atoms with Gasteiger partial charge in [-0.3, -0.25) is 4.79 Å². The summed E-state index contributed by atoms with van der Waals surface area (Å²) in [5.74, 6) is 2.05. The number of aromatic nitrogens is 2. The van der Waals surface area contributed by atoms with Crippen molar-refractivity contribution in [1.29, 1.82) is 0 Å². The second-order valence-corrected chi connectivity index (χ2v) is 6.59. The van der Waals surface area contributed by atoms with Crippen LogP contribution in [-0.4, -0.2) is 49.8 Å². The number of nitrogens with zero attached hydrogens (tertiary/aromatic N) is 2. The van der Waals surface area contributed by atoms with Crippen LogP contribution < -0.4 is 36.7 Å². The number of hydrogen-bond donors (Lipinski definition) is 4. The van der Waals surface area contributed by atoms with Crippen molar-refractivity contribution in [3.63, 3.8) is 0 Å². The second kappa shape index (κ2) is 11.7. The molecular weight excluding hydrogens is 388 g/mol. The minimum atomic E-state index is -0.00844. The molecule has 0 aliphatic carbocycles. The summed E-state index contributed by atoms with van der Waals surface area (Å²) in [4.78, 5) is 19.6. The molecule has 0 saturated carbocycles. The first-order valence-corrected chi connectivity index (χ1v) is 9.69. The molecule has 1 heterocycles. The Morgan fingerprint density at radius 2 is 1.83 bits per heavy atom. The van der Waals surface area contributed by atoms with Crippen LogP contribution in [0.5, 0.6) is 17.2 Å². The highest BCUT2D eigenvalue weighted by Crippen LogP contribution is 2.39. The number of anilines is 2. The highest BCUT2D eigenvalue weighted by atomic mass is 16.5. The predicted molar refractivity (Wildman–Crippen MR) is 115 cm³/mol. The van der Waals surface area contributed by atoms with E-state index < -0.39 is 0 Å². The monoisotopic (exact) mass is 418 g/mol. The smallest absolute Gasteiger partial charge is 0.221 e. The lowest BCUT2D eigenvalue weighted by Crippen LogP contribution is -2.28. The highest BCUT2D eigenvalue weighted by Gasteiger charge is 2.15. The van der Waals surface area contributed by atoms with Gasteiger partial charge in [0.25, 0.3) is 0 Å². The minimum absolute atomic E-state index is 0.00844. The van der Waals surface area contributed by atoms with Gasteiger partial charge >= 0.3 is 0 Å².